The fraction of sp³-hybridized carbons (Fsp3) is 0.0588. The molecule has 11 nitrogen and oxygen atoms in total. The third kappa shape index (κ3) is 8.21. The minimum atomic E-state index is -0.962. The highest BCUT2D eigenvalue weighted by Crippen LogP contribution is 2.34. The van der Waals surface area contributed by atoms with Gasteiger partial charge in [0.05, 0.1) is 33.9 Å². The second-order valence-corrected chi connectivity index (χ2v) is 12.9. The van der Waals surface area contributed by atoms with Crippen LogP contribution < -0.4 is 11.1 Å². The predicted molar refractivity (Wildman–Crippen MR) is 195 cm³/mol. The van der Waals surface area contributed by atoms with E-state index in [9.17, 15) is 9.59 Å². The number of fused-ring (bicyclic) bond motifs is 2. The number of carbonyl (C=O) groups excluding carboxylic acids is 1. The van der Waals surface area contributed by atoms with Gasteiger partial charge < -0.3 is 10.8 Å². The molecule has 2 aliphatic heterocycles. The van der Waals surface area contributed by atoms with E-state index in [4.69, 9.17) is 34.0 Å². The standard InChI is InChI=1S/C17H11ClN4OS.C14H9ClN2O2.C3H4N2S/c18-14-5-4-11(9-20-14)13-8-10-2-1-3-12(15(10)21-13)16(23)22-17-19-6-7-24-17;15-12-5-4-9(7-16-12)11-6-8-2-1-3-10(14(18)19)13(8)17-11;4-3-5-1-2-6-3/h1-7,9H,8H2,(H,19,22,23);1-5,7H,6H2,(H,18,19);1-2H,(H2,4,5). The number of nitrogen functional groups attached to an aromatic ring is 1. The Kier molecular flexibility index (Phi) is 10.4. The molecule has 0 unspecified atom stereocenters. The summed E-state index contributed by atoms with van der Waals surface area (Å²) < 4.78 is 0. The van der Waals surface area contributed by atoms with Crippen LogP contribution >= 0.6 is 45.9 Å². The summed E-state index contributed by atoms with van der Waals surface area (Å²) in [7, 11) is 0. The molecule has 1 amide bonds. The smallest absolute Gasteiger partial charge is 0.337 e. The molecule has 0 bridgehead atoms. The number of nitrogens with one attached hydrogen (secondary N) is 1. The second-order valence-electron chi connectivity index (χ2n) is 10.3. The summed E-state index contributed by atoms with van der Waals surface area (Å²) in [5, 5.41) is 17.7. The minimum Gasteiger partial charge on any atom is -0.478 e. The normalized spacial score (nSPS) is 12.3. The van der Waals surface area contributed by atoms with E-state index in [1.807, 2.05) is 41.1 Å². The maximum atomic E-state index is 12.5. The van der Waals surface area contributed by atoms with Crippen LogP contribution in [0, 0.1) is 0 Å². The number of aromatic nitrogens is 4. The molecule has 2 aromatic carbocycles. The summed E-state index contributed by atoms with van der Waals surface area (Å²) in [6, 6.07) is 18.0. The average molecular weight is 728 g/mol. The highest BCUT2D eigenvalue weighted by atomic mass is 35.5. The lowest BCUT2D eigenvalue weighted by Gasteiger charge is -2.05. The number of nitrogens with zero attached hydrogens (tertiary/aromatic N) is 6. The largest absolute Gasteiger partial charge is 0.478 e. The van der Waals surface area contributed by atoms with Crippen molar-refractivity contribution in [2.45, 2.75) is 12.8 Å². The van der Waals surface area contributed by atoms with Crippen molar-refractivity contribution in [2.75, 3.05) is 11.1 Å². The fourth-order valence-electron chi connectivity index (χ4n) is 4.91. The van der Waals surface area contributed by atoms with Crippen molar-refractivity contribution in [3.63, 3.8) is 0 Å². The number of halogens is 2. The Balaban J connectivity index is 0.000000148. The number of aliphatic imine (C=N–C) groups is 2. The van der Waals surface area contributed by atoms with Crippen molar-refractivity contribution < 1.29 is 14.7 Å². The zero-order valence-corrected chi connectivity index (χ0v) is 28.4. The number of hydrogen-bond acceptors (Lipinski definition) is 11. The first-order chi connectivity index (χ1) is 23.7. The first-order valence-electron chi connectivity index (χ1n) is 14.5. The maximum absolute atomic E-state index is 12.5. The van der Waals surface area contributed by atoms with Gasteiger partial charge in [-0.05, 0) is 47.5 Å². The number of carboxylic acid groups (broad SMARTS) is 1. The quantitative estimate of drug-likeness (QED) is 0.150. The van der Waals surface area contributed by atoms with Crippen molar-refractivity contribution >= 4 is 90.8 Å². The number of carbonyl (C=O) groups is 2. The van der Waals surface area contributed by atoms with Crippen LogP contribution in [0.1, 0.15) is 43.0 Å². The number of benzene rings is 2. The molecule has 2 aliphatic rings. The van der Waals surface area contributed by atoms with Crippen LogP contribution in [0.5, 0.6) is 0 Å². The number of rotatable bonds is 5. The fourth-order valence-corrected chi connectivity index (χ4v) is 6.04. The van der Waals surface area contributed by atoms with Crippen LogP contribution in [-0.4, -0.2) is 48.3 Å². The molecule has 6 heterocycles. The summed E-state index contributed by atoms with van der Waals surface area (Å²) >= 11 is 14.4. The third-order valence-electron chi connectivity index (χ3n) is 7.15. The molecule has 0 saturated heterocycles. The Labute approximate surface area is 297 Å². The van der Waals surface area contributed by atoms with Gasteiger partial charge in [-0.15, -0.1) is 22.7 Å². The van der Waals surface area contributed by atoms with Crippen molar-refractivity contribution in [3.8, 4) is 0 Å². The molecule has 49 heavy (non-hydrogen) atoms. The Morgan fingerprint density at radius 2 is 1.27 bits per heavy atom. The van der Waals surface area contributed by atoms with Gasteiger partial charge in [0.25, 0.3) is 5.91 Å². The van der Waals surface area contributed by atoms with E-state index >= 15 is 0 Å². The zero-order chi connectivity index (χ0) is 34.3. The maximum Gasteiger partial charge on any atom is 0.337 e. The second kappa shape index (κ2) is 15.3. The van der Waals surface area contributed by atoms with Gasteiger partial charge in [0.2, 0.25) is 0 Å². The molecule has 4 N–H and O–H groups in total. The summed E-state index contributed by atoms with van der Waals surface area (Å²) in [5.74, 6) is -1.17. The number of hydrogen-bond donors (Lipinski definition) is 3. The number of amides is 1. The lowest BCUT2D eigenvalue weighted by Crippen LogP contribution is -2.11. The lowest BCUT2D eigenvalue weighted by molar-refractivity contribution is 0.0697. The number of pyridine rings is 2. The van der Waals surface area contributed by atoms with E-state index in [-0.39, 0.29) is 11.5 Å². The molecule has 0 fully saturated rings. The molecule has 15 heteroatoms. The highest BCUT2D eigenvalue weighted by Gasteiger charge is 2.23. The first kappa shape index (κ1) is 33.6. The van der Waals surface area contributed by atoms with Crippen molar-refractivity contribution in [3.05, 3.63) is 140 Å². The van der Waals surface area contributed by atoms with Gasteiger partial charge in [-0.3, -0.25) is 20.1 Å². The molecule has 0 radical (unpaired) electrons. The number of aromatic carboxylic acids is 1. The predicted octanol–water partition coefficient (Wildman–Crippen LogP) is 7.96. The Morgan fingerprint density at radius 3 is 1.71 bits per heavy atom. The average Bonchev–Trinajstić information content (AvgIpc) is 3.93. The molecule has 4 aromatic heterocycles. The van der Waals surface area contributed by atoms with E-state index in [0.717, 1.165) is 33.7 Å². The molecule has 0 saturated carbocycles. The van der Waals surface area contributed by atoms with Crippen molar-refractivity contribution in [2.24, 2.45) is 9.98 Å². The number of carboxylic acids is 1. The number of para-hydroxylation sites is 2. The molecule has 8 rings (SSSR count). The number of nitrogens with two attached hydrogens (primary N) is 1. The highest BCUT2D eigenvalue weighted by molar-refractivity contribution is 7.13. The molecular weight excluding hydrogens is 703 g/mol. The van der Waals surface area contributed by atoms with Crippen LogP contribution in [0.15, 0.2) is 106 Å². The zero-order valence-electron chi connectivity index (χ0n) is 25.2. The van der Waals surface area contributed by atoms with Gasteiger partial charge in [-0.2, -0.15) is 0 Å². The molecule has 6 aromatic rings. The molecule has 0 aliphatic carbocycles. The van der Waals surface area contributed by atoms with Crippen LogP contribution in [0.4, 0.5) is 21.6 Å². The lowest BCUT2D eigenvalue weighted by atomic mass is 10.0. The van der Waals surface area contributed by atoms with Crippen LogP contribution in [-0.2, 0) is 12.8 Å². The minimum absolute atomic E-state index is 0.207. The van der Waals surface area contributed by atoms with E-state index < -0.39 is 5.97 Å². The monoisotopic (exact) mass is 726 g/mol. The van der Waals surface area contributed by atoms with E-state index in [0.29, 0.717) is 50.3 Å². The Bertz CT molecular complexity index is 2170. The first-order valence-corrected chi connectivity index (χ1v) is 17.0. The summed E-state index contributed by atoms with van der Waals surface area (Å²) in [6.07, 6.45) is 7.95. The topological polar surface area (TPSA) is 169 Å². The van der Waals surface area contributed by atoms with Gasteiger partial charge in [-0.1, -0.05) is 47.5 Å². The van der Waals surface area contributed by atoms with E-state index in [2.05, 4.69) is 35.2 Å². The van der Waals surface area contributed by atoms with Crippen LogP contribution in [0.3, 0.4) is 0 Å². The molecule has 0 spiro atoms. The third-order valence-corrected chi connectivity index (χ3v) is 8.89. The van der Waals surface area contributed by atoms with E-state index in [1.165, 1.54) is 22.7 Å². The summed E-state index contributed by atoms with van der Waals surface area (Å²) in [6.45, 7) is 0. The Hall–Kier alpha value is -5.34. The summed E-state index contributed by atoms with van der Waals surface area (Å²) in [4.78, 5) is 48.6. The van der Waals surface area contributed by atoms with Crippen molar-refractivity contribution in [1.82, 2.24) is 19.9 Å². The van der Waals surface area contributed by atoms with Gasteiger partial charge in [0.15, 0.2) is 10.3 Å². The van der Waals surface area contributed by atoms with Gasteiger partial charge >= 0.3 is 5.97 Å². The SMILES string of the molecule is Nc1nccs1.O=C(Nc1nccs1)c1cccc2c1N=C(c1ccc(Cl)nc1)C2.O=C(O)c1cccc2c1N=C(c1ccc(Cl)nc1)C2. The molecule has 0 atom stereocenters. The van der Waals surface area contributed by atoms with E-state index in [1.54, 1.807) is 55.1 Å². The molecular formula is C34H24Cl2N8O3S2. The Morgan fingerprint density at radius 1 is 0.714 bits per heavy atom. The molecule has 244 valence electrons. The number of thiazole rings is 2. The van der Waals surface area contributed by atoms with Crippen LogP contribution in [0.25, 0.3) is 0 Å². The number of anilines is 2. The summed E-state index contributed by atoms with van der Waals surface area (Å²) in [5.41, 5.74) is 12.6. The van der Waals surface area contributed by atoms with Gasteiger partial charge in [0.1, 0.15) is 10.3 Å². The van der Waals surface area contributed by atoms with Gasteiger partial charge in [0, 0.05) is 59.5 Å². The van der Waals surface area contributed by atoms with Gasteiger partial charge in [-0.25, -0.2) is 24.7 Å². The van der Waals surface area contributed by atoms with Crippen LogP contribution in [0.2, 0.25) is 10.3 Å². The van der Waals surface area contributed by atoms with Crippen molar-refractivity contribution in [1.29, 1.82) is 0 Å².